The van der Waals surface area contributed by atoms with Gasteiger partial charge in [0.25, 0.3) is 10.0 Å². The highest BCUT2D eigenvalue weighted by Crippen LogP contribution is 2.22. The zero-order valence-corrected chi connectivity index (χ0v) is 12.8. The minimum atomic E-state index is -3.65. The van der Waals surface area contributed by atoms with Crippen molar-refractivity contribution < 1.29 is 13.2 Å². The third kappa shape index (κ3) is 3.53. The Hall–Kier alpha value is -2.05. The van der Waals surface area contributed by atoms with E-state index in [4.69, 9.17) is 10.5 Å². The molecule has 0 bridgehead atoms. The summed E-state index contributed by atoms with van der Waals surface area (Å²) < 4.78 is 32.4. The minimum Gasteiger partial charge on any atom is -0.497 e. The van der Waals surface area contributed by atoms with Gasteiger partial charge in [-0.15, -0.1) is 0 Å². The van der Waals surface area contributed by atoms with E-state index >= 15 is 0 Å². The Kier molecular flexibility index (Phi) is 4.50. The molecule has 0 heterocycles. The quantitative estimate of drug-likeness (QED) is 0.888. The maximum atomic E-state index is 12.4. The molecule has 0 aromatic heterocycles. The number of nitrogens with two attached hydrogens (primary N) is 1. The first-order valence-electron chi connectivity index (χ1n) is 6.43. The van der Waals surface area contributed by atoms with Crippen molar-refractivity contribution in [3.63, 3.8) is 0 Å². The summed E-state index contributed by atoms with van der Waals surface area (Å²) in [6.45, 7) is 2.20. The monoisotopic (exact) mass is 306 g/mol. The van der Waals surface area contributed by atoms with Crippen LogP contribution in [0.5, 0.6) is 5.75 Å². The highest BCUT2D eigenvalue weighted by Gasteiger charge is 2.15. The maximum absolute atomic E-state index is 12.4. The molecule has 6 heteroatoms. The Morgan fingerprint density at radius 2 is 1.95 bits per heavy atom. The summed E-state index contributed by atoms with van der Waals surface area (Å²) in [7, 11) is -2.12. The molecule has 21 heavy (non-hydrogen) atoms. The second-order valence-corrected chi connectivity index (χ2v) is 6.31. The van der Waals surface area contributed by atoms with E-state index in [1.54, 1.807) is 42.5 Å². The van der Waals surface area contributed by atoms with E-state index in [2.05, 4.69) is 4.72 Å². The molecular weight excluding hydrogens is 288 g/mol. The number of anilines is 1. The van der Waals surface area contributed by atoms with E-state index in [0.717, 1.165) is 11.1 Å². The van der Waals surface area contributed by atoms with Gasteiger partial charge in [0.05, 0.1) is 17.7 Å². The SMILES string of the molecule is COc1cccc(NS(=O)(=O)c2ccc(C)c(CN)c2)c1. The molecule has 2 rings (SSSR count). The number of hydrogen-bond acceptors (Lipinski definition) is 4. The lowest BCUT2D eigenvalue weighted by molar-refractivity contribution is 0.415. The van der Waals surface area contributed by atoms with Crippen LogP contribution in [0, 0.1) is 6.92 Å². The van der Waals surface area contributed by atoms with E-state index in [0.29, 0.717) is 18.0 Å². The maximum Gasteiger partial charge on any atom is 0.261 e. The van der Waals surface area contributed by atoms with E-state index in [-0.39, 0.29) is 4.90 Å². The number of sulfonamides is 1. The second-order valence-electron chi connectivity index (χ2n) is 4.63. The Labute approximate surface area is 124 Å². The standard InChI is InChI=1S/C15H18N2O3S/c1-11-6-7-15(8-12(11)10-16)21(18,19)17-13-4-3-5-14(9-13)20-2/h3-9,17H,10,16H2,1-2H3. The predicted molar refractivity (Wildman–Crippen MR) is 82.9 cm³/mol. The second kappa shape index (κ2) is 6.15. The zero-order chi connectivity index (χ0) is 15.5. The third-order valence-corrected chi connectivity index (χ3v) is 4.55. The van der Waals surface area contributed by atoms with Crippen molar-refractivity contribution in [2.24, 2.45) is 5.73 Å². The van der Waals surface area contributed by atoms with Crippen LogP contribution in [-0.2, 0) is 16.6 Å². The molecule has 0 saturated carbocycles. The highest BCUT2D eigenvalue weighted by atomic mass is 32.2. The third-order valence-electron chi connectivity index (χ3n) is 3.17. The molecular formula is C15H18N2O3S. The van der Waals surface area contributed by atoms with Gasteiger partial charge >= 0.3 is 0 Å². The van der Waals surface area contributed by atoms with Crippen LogP contribution in [0.2, 0.25) is 0 Å². The normalized spacial score (nSPS) is 11.2. The van der Waals surface area contributed by atoms with Crippen LogP contribution in [0.4, 0.5) is 5.69 Å². The zero-order valence-electron chi connectivity index (χ0n) is 12.0. The van der Waals surface area contributed by atoms with Crippen LogP contribution in [-0.4, -0.2) is 15.5 Å². The van der Waals surface area contributed by atoms with E-state index < -0.39 is 10.0 Å². The lowest BCUT2D eigenvalue weighted by Gasteiger charge is -2.11. The number of hydrogen-bond donors (Lipinski definition) is 2. The van der Waals surface area contributed by atoms with Gasteiger partial charge in [-0.05, 0) is 42.3 Å². The first kappa shape index (κ1) is 15.3. The minimum absolute atomic E-state index is 0.191. The van der Waals surface area contributed by atoms with Crippen LogP contribution >= 0.6 is 0 Å². The fourth-order valence-corrected chi connectivity index (χ4v) is 3.04. The van der Waals surface area contributed by atoms with Crippen molar-refractivity contribution in [2.75, 3.05) is 11.8 Å². The number of benzene rings is 2. The number of methoxy groups -OCH3 is 1. The lowest BCUT2D eigenvalue weighted by Crippen LogP contribution is -2.14. The lowest BCUT2D eigenvalue weighted by atomic mass is 10.1. The van der Waals surface area contributed by atoms with Gasteiger partial charge in [0.15, 0.2) is 0 Å². The Morgan fingerprint density at radius 3 is 2.62 bits per heavy atom. The van der Waals surface area contributed by atoms with E-state index in [1.807, 2.05) is 6.92 Å². The number of nitrogens with one attached hydrogen (secondary N) is 1. The molecule has 5 nitrogen and oxygen atoms in total. The first-order valence-corrected chi connectivity index (χ1v) is 7.91. The van der Waals surface area contributed by atoms with Gasteiger partial charge in [-0.3, -0.25) is 4.72 Å². The van der Waals surface area contributed by atoms with Crippen LogP contribution in [0.25, 0.3) is 0 Å². The molecule has 0 spiro atoms. The summed E-state index contributed by atoms with van der Waals surface area (Å²) in [4.78, 5) is 0.191. The van der Waals surface area contributed by atoms with Gasteiger partial charge in [-0.25, -0.2) is 8.42 Å². The highest BCUT2D eigenvalue weighted by molar-refractivity contribution is 7.92. The Balaban J connectivity index is 2.33. The number of rotatable bonds is 5. The number of ether oxygens (including phenoxy) is 1. The summed E-state index contributed by atoms with van der Waals surface area (Å²) in [5.74, 6) is 0.585. The predicted octanol–water partition coefficient (Wildman–Crippen LogP) is 2.26. The van der Waals surface area contributed by atoms with Gasteiger partial charge in [-0.1, -0.05) is 12.1 Å². The molecule has 3 N–H and O–H groups in total. The molecule has 0 aliphatic carbocycles. The summed E-state index contributed by atoms with van der Waals surface area (Å²) in [5.41, 5.74) is 7.85. The van der Waals surface area contributed by atoms with Gasteiger partial charge in [-0.2, -0.15) is 0 Å². The van der Waals surface area contributed by atoms with Gasteiger partial charge in [0.1, 0.15) is 5.75 Å². The Bertz CT molecular complexity index is 742. The summed E-state index contributed by atoms with van der Waals surface area (Å²) in [5, 5.41) is 0. The van der Waals surface area contributed by atoms with Crippen molar-refractivity contribution in [3.05, 3.63) is 53.6 Å². The molecule has 0 aliphatic rings. The average Bonchev–Trinajstić information content (AvgIpc) is 2.47. The summed E-state index contributed by atoms with van der Waals surface area (Å²) in [6, 6.07) is 11.7. The molecule has 0 radical (unpaired) electrons. The Morgan fingerprint density at radius 1 is 1.19 bits per heavy atom. The smallest absolute Gasteiger partial charge is 0.261 e. The molecule has 0 fully saturated rings. The van der Waals surface area contributed by atoms with Gasteiger partial charge < -0.3 is 10.5 Å². The van der Waals surface area contributed by atoms with Crippen molar-refractivity contribution >= 4 is 15.7 Å². The number of aryl methyl sites for hydroxylation is 1. The van der Waals surface area contributed by atoms with Crippen LogP contribution in [0.15, 0.2) is 47.4 Å². The molecule has 0 saturated heterocycles. The molecule has 2 aromatic carbocycles. The molecule has 112 valence electrons. The van der Waals surface area contributed by atoms with Crippen LogP contribution in [0.1, 0.15) is 11.1 Å². The van der Waals surface area contributed by atoms with Crippen LogP contribution < -0.4 is 15.2 Å². The van der Waals surface area contributed by atoms with Crippen LogP contribution in [0.3, 0.4) is 0 Å². The van der Waals surface area contributed by atoms with E-state index in [9.17, 15) is 8.42 Å². The largest absolute Gasteiger partial charge is 0.497 e. The molecule has 0 amide bonds. The van der Waals surface area contributed by atoms with Crippen molar-refractivity contribution in [1.82, 2.24) is 0 Å². The van der Waals surface area contributed by atoms with Crippen molar-refractivity contribution in [1.29, 1.82) is 0 Å². The summed E-state index contributed by atoms with van der Waals surface area (Å²) >= 11 is 0. The average molecular weight is 306 g/mol. The summed E-state index contributed by atoms with van der Waals surface area (Å²) in [6.07, 6.45) is 0. The fraction of sp³-hybridized carbons (Fsp3) is 0.200. The molecule has 0 unspecified atom stereocenters. The van der Waals surface area contributed by atoms with E-state index in [1.165, 1.54) is 7.11 Å². The fourth-order valence-electron chi connectivity index (χ4n) is 1.94. The van der Waals surface area contributed by atoms with Crippen molar-refractivity contribution in [2.45, 2.75) is 18.4 Å². The van der Waals surface area contributed by atoms with Gasteiger partial charge in [0.2, 0.25) is 0 Å². The molecule has 0 aliphatic heterocycles. The van der Waals surface area contributed by atoms with Gasteiger partial charge in [0, 0.05) is 12.6 Å². The first-order chi connectivity index (χ1) is 9.96. The topological polar surface area (TPSA) is 81.4 Å². The van der Waals surface area contributed by atoms with Crippen molar-refractivity contribution in [3.8, 4) is 5.75 Å². The molecule has 2 aromatic rings. The molecule has 0 atom stereocenters.